The molecule has 4 aromatic carbocycles. The second kappa shape index (κ2) is 61.9. The van der Waals surface area contributed by atoms with Crippen LogP contribution in [0.3, 0.4) is 0 Å². The Kier molecular flexibility index (Phi) is 56.2. The maximum absolute atomic E-state index is 12.0. The zero-order valence-corrected chi connectivity index (χ0v) is 85.1. The summed E-state index contributed by atoms with van der Waals surface area (Å²) in [6.45, 7) is 43.3. The molecule has 126 heavy (non-hydrogen) atoms. The van der Waals surface area contributed by atoms with Gasteiger partial charge in [0.15, 0.2) is 51.9 Å². The van der Waals surface area contributed by atoms with E-state index in [1.54, 1.807) is 34.0 Å². The fourth-order valence-corrected chi connectivity index (χ4v) is 18.5. The number of hydrogen-bond donors (Lipinski definition) is 3. The monoisotopic (exact) mass is 1980 g/mol. The number of ketones is 1. The number of nitrogens with zero attached hydrogens (tertiary/aromatic N) is 11. The van der Waals surface area contributed by atoms with Crippen LogP contribution in [0.15, 0.2) is 213 Å². The Labute approximate surface area is 802 Å². The molecule has 12 rings (SSSR count). The third-order valence-corrected chi connectivity index (χ3v) is 34.6. The van der Waals surface area contributed by atoms with Gasteiger partial charge in [-0.25, -0.2) is 0 Å². The quantitative estimate of drug-likeness (QED) is 0.00574. The Morgan fingerprint density at radius 2 is 1.07 bits per heavy atom. The largest absolute Gasteiger partial charge is 1.00 e. The van der Waals surface area contributed by atoms with Crippen molar-refractivity contribution in [2.45, 2.75) is 211 Å². The summed E-state index contributed by atoms with van der Waals surface area (Å²) in [4.78, 5) is 42.2. The SMILES string of the molecule is C1CCOC1.CC(C)(C)[Si](C)(C)OCCCC(=O)c1ccccc1.Cc1sc(C2OCCO2)cc1Br.Cc1sc(C2OCCO2)cc1C(O)(CCCO[Si](C)(C)C(C)(C)C)c1ccccc1.Cc1sc(C=O)cc1/C(=C/CCO)c1ccccc1.Cc1sc(C=O)cc1C1(c2ccccc2)CCCO1.ClC(Cl)Cl.N=N/N=N/N=N/N=N/N=N/N=NCl.[CH2-]CCC.[Li+]. The maximum atomic E-state index is 12.0. The molecular formula is C89H122BrCl4LiN12O13S4Si2. The average Bonchev–Trinajstić information content (AvgIpc) is 1.61. The van der Waals surface area contributed by atoms with Crippen LogP contribution >= 0.6 is 108 Å². The number of aliphatic hydroxyl groups is 2. The number of carbonyl (C=O) groups is 3. The Hall–Kier alpha value is -5.70. The van der Waals surface area contributed by atoms with E-state index >= 15 is 0 Å². The summed E-state index contributed by atoms with van der Waals surface area (Å²) in [5.41, 5.74) is 13.0. The molecule has 4 fully saturated rings. The van der Waals surface area contributed by atoms with Crippen LogP contribution < -0.4 is 18.9 Å². The van der Waals surface area contributed by atoms with Crippen molar-refractivity contribution < 1.29 is 80.7 Å². The zero-order chi connectivity index (χ0) is 92.3. The first-order chi connectivity index (χ1) is 59.6. The molecule has 3 N–H and O–H groups in total. The molecule has 37 heteroatoms. The molecule has 2 unspecified atom stereocenters. The van der Waals surface area contributed by atoms with Crippen LogP contribution in [0.4, 0.5) is 0 Å². The van der Waals surface area contributed by atoms with Crippen molar-refractivity contribution in [3.63, 3.8) is 0 Å². The van der Waals surface area contributed by atoms with Gasteiger partial charge in [0.05, 0.1) is 57.7 Å². The summed E-state index contributed by atoms with van der Waals surface area (Å²) in [5, 5.41) is 49.9. The molecule has 4 saturated heterocycles. The molecule has 0 radical (unpaired) electrons. The number of aldehydes is 2. The number of nitrogens with one attached hydrogen (secondary N) is 1. The van der Waals surface area contributed by atoms with Gasteiger partial charge >= 0.3 is 18.9 Å². The number of ether oxygens (including phenoxy) is 6. The van der Waals surface area contributed by atoms with E-state index in [2.05, 4.69) is 199 Å². The number of benzene rings is 4. The number of hydrogen-bond acceptors (Lipinski definition) is 19. The molecule has 0 aliphatic carbocycles. The molecule has 25 nitrogen and oxygen atoms in total. The standard InChI is InChI=1S/C24H36O4SSi.2C16H16O2S.C16H26O2Si.C8H9BrO2S.C4H8O.C4H9.CHCl3.ClHN12.Li/c1-18-20(17-21(29-18)22-26-15-16-27-22)24(25,19-11-8-7-9-12-19)13-10-14-28-30(5,6)23(2,3)4;1-12-15(10-14(11-17)19-12)16(8-5-9-18-16)13-6-3-2-4-7-13;1-12-16(10-14(11-18)19-12)15(8-5-9-17)13-6-3-2-4-7-13;1-16(2,3)19(4,5)18-13-9-12-15(17)14-10-7-6-8-11-14;1-5-6(9)4-7(12-5)8-10-2-3-11-8;1-2-4-5-3-1;1-3-4-2;2-1(3)4;1-3-5-7-9-11-13-12-10-8-6-4-2;/h7-9,11-12,17,22,25H,10,13-16H2,1-6H3;2-4,6-7,10-11H,5,8-9H2,1H3;2-4,6-8,10-11,17H,5,9H2,1H3;6-8,10-11H,9,12-13H2,1-5H3;4,8H,2-3H2,1H3;1-4H2;1,3-4H2,2H3;1H;2H;/q;;;;;;-1;;;+1/b;;15-8+;;;;;;4-2?,5-3?,8-6+,9-7+,12-10+,13-11+;. The van der Waals surface area contributed by atoms with E-state index in [1.165, 1.54) is 45.9 Å². The number of carbonyl (C=O) groups excluding carboxylic acids is 3. The van der Waals surface area contributed by atoms with Gasteiger partial charge in [0.1, 0.15) is 11.2 Å². The van der Waals surface area contributed by atoms with Crippen LogP contribution in [-0.4, -0.2) is 116 Å². The first-order valence-electron chi connectivity index (χ1n) is 41.1. The van der Waals surface area contributed by atoms with Gasteiger partial charge in [-0.1, -0.05) is 222 Å². The summed E-state index contributed by atoms with van der Waals surface area (Å²) in [7, 11) is -3.46. The second-order valence-electron chi connectivity index (χ2n) is 31.3. The van der Waals surface area contributed by atoms with Crippen molar-refractivity contribution in [1.82, 2.24) is 0 Å². The first kappa shape index (κ1) is 114. The smallest absolute Gasteiger partial charge is 0.417 e. The molecule has 684 valence electrons. The van der Waals surface area contributed by atoms with E-state index in [-0.39, 0.29) is 59.5 Å². The van der Waals surface area contributed by atoms with E-state index in [9.17, 15) is 19.5 Å². The molecular weight excluding hydrogens is 1860 g/mol. The Bertz CT molecular complexity index is 4550. The Morgan fingerprint density at radius 1 is 0.619 bits per heavy atom. The van der Waals surface area contributed by atoms with Crippen LogP contribution in [0.5, 0.6) is 0 Å². The average molecular weight is 1980 g/mol. The minimum atomic E-state index is -1.80. The minimum absolute atomic E-state index is 0. The van der Waals surface area contributed by atoms with Crippen LogP contribution in [0.25, 0.3) is 5.57 Å². The number of Topliss-reactive ketones (excluding diaryl/α,β-unsaturated/α-hetero) is 1. The van der Waals surface area contributed by atoms with Gasteiger partial charge < -0.3 is 54.4 Å². The van der Waals surface area contributed by atoms with Gasteiger partial charge in [-0.15, -0.1) is 45.3 Å². The fourth-order valence-electron chi connectivity index (χ4n) is 11.9. The van der Waals surface area contributed by atoms with Crippen molar-refractivity contribution in [3.05, 3.63) is 241 Å². The minimum Gasteiger partial charge on any atom is -0.417 e. The predicted octanol–water partition coefficient (Wildman–Crippen LogP) is 25.7. The van der Waals surface area contributed by atoms with E-state index in [0.717, 1.165) is 137 Å². The van der Waals surface area contributed by atoms with Gasteiger partial charge in [-0.2, -0.15) is 12.0 Å². The van der Waals surface area contributed by atoms with Crippen molar-refractivity contribution in [2.75, 3.05) is 66.1 Å². The Morgan fingerprint density at radius 3 is 1.49 bits per heavy atom. The summed E-state index contributed by atoms with van der Waals surface area (Å²) >= 11 is 29.0. The summed E-state index contributed by atoms with van der Waals surface area (Å²) in [6, 6.07) is 47.9. The van der Waals surface area contributed by atoms with E-state index < -0.39 is 26.5 Å². The van der Waals surface area contributed by atoms with Crippen LogP contribution in [-0.2, 0) is 48.5 Å². The number of aryl methyl sites for hydroxylation is 4. The first-order valence-corrected chi connectivity index (χ1v) is 52.6. The second-order valence-corrected chi connectivity index (χ2v) is 49.0. The third kappa shape index (κ3) is 40.6. The fraction of sp³-hybridized carbons (Fsp3) is 0.483. The van der Waals surface area contributed by atoms with Crippen molar-refractivity contribution >= 4 is 148 Å². The van der Waals surface area contributed by atoms with E-state index in [0.29, 0.717) is 58.9 Å². The number of rotatable bonds is 29. The topological polar surface area (TPSA) is 325 Å². The Balaban J connectivity index is 0.000000386. The van der Waals surface area contributed by atoms with Crippen LogP contribution in [0.1, 0.15) is 224 Å². The molecule has 8 aromatic rings. The maximum Gasteiger partial charge on any atom is 1.00 e. The number of alkyl halides is 3. The van der Waals surface area contributed by atoms with Gasteiger partial charge in [0.25, 0.3) is 0 Å². The van der Waals surface area contributed by atoms with Gasteiger partial charge in [0.2, 0.25) is 0 Å². The number of aliphatic hydroxyl groups excluding tert-OH is 1. The molecule has 0 bridgehead atoms. The molecule has 8 heterocycles. The van der Waals surface area contributed by atoms with Crippen molar-refractivity contribution in [2.24, 2.45) is 56.9 Å². The van der Waals surface area contributed by atoms with Crippen LogP contribution in [0.2, 0.25) is 36.3 Å². The number of unbranched alkanes of at least 4 members (excludes halogenated alkanes) is 1. The summed E-state index contributed by atoms with van der Waals surface area (Å²) in [6.07, 6.45) is 13.6. The molecule has 0 spiro atoms. The van der Waals surface area contributed by atoms with E-state index in [1.807, 2.05) is 134 Å². The predicted molar refractivity (Wildman–Crippen MR) is 514 cm³/mol. The summed E-state index contributed by atoms with van der Waals surface area (Å²) < 4.78 is 48.7. The van der Waals surface area contributed by atoms with Gasteiger partial charge in [0, 0.05) is 86.7 Å². The third-order valence-electron chi connectivity index (χ3n) is 20.3. The van der Waals surface area contributed by atoms with Gasteiger partial charge in [-0.3, -0.25) is 14.4 Å². The van der Waals surface area contributed by atoms with Gasteiger partial charge in [-0.05, 0) is 236 Å². The number of thiophene rings is 4. The summed E-state index contributed by atoms with van der Waals surface area (Å²) in [5.74, 6) is 0.208. The number of halogens is 5. The zero-order valence-electron chi connectivity index (χ0n) is 75.2. The van der Waals surface area contributed by atoms with Crippen molar-refractivity contribution in [1.29, 1.82) is 5.53 Å². The normalized spacial score (nSPS) is 16.0. The van der Waals surface area contributed by atoms with Crippen LogP contribution in [0, 0.1) is 40.1 Å². The molecule has 4 aliphatic rings. The molecule has 4 aromatic heterocycles. The molecule has 0 saturated carbocycles. The molecule has 0 amide bonds. The molecule has 4 aliphatic heterocycles. The van der Waals surface area contributed by atoms with E-state index in [4.69, 9.17) is 94.5 Å². The van der Waals surface area contributed by atoms with Crippen molar-refractivity contribution in [3.8, 4) is 0 Å². The molecule has 2 atom stereocenters.